The van der Waals surface area contributed by atoms with Crippen molar-refractivity contribution in [2.75, 3.05) is 0 Å². The highest BCUT2D eigenvalue weighted by Crippen LogP contribution is 2.30. The second kappa shape index (κ2) is 5.42. The summed E-state index contributed by atoms with van der Waals surface area (Å²) in [6, 6.07) is 10.1. The van der Waals surface area contributed by atoms with Crippen LogP contribution in [-0.2, 0) is 6.18 Å². The second-order valence-corrected chi connectivity index (χ2v) is 4.75. The van der Waals surface area contributed by atoms with E-state index < -0.39 is 12.1 Å². The highest BCUT2D eigenvalue weighted by molar-refractivity contribution is 6.29. The molecular formula is C14H7ClF3N3O. The van der Waals surface area contributed by atoms with Gasteiger partial charge in [0.1, 0.15) is 5.15 Å². The lowest BCUT2D eigenvalue weighted by Crippen LogP contribution is -2.04. The van der Waals surface area contributed by atoms with E-state index in [9.17, 15) is 13.2 Å². The van der Waals surface area contributed by atoms with Crippen LogP contribution in [0.5, 0.6) is 0 Å². The van der Waals surface area contributed by atoms with Crippen molar-refractivity contribution < 1.29 is 17.7 Å². The highest BCUT2D eigenvalue weighted by atomic mass is 35.5. The molecule has 0 aliphatic carbocycles. The summed E-state index contributed by atoms with van der Waals surface area (Å²) in [4.78, 5) is 7.22. The number of hydrogen-bond acceptors (Lipinski definition) is 4. The van der Waals surface area contributed by atoms with Crippen molar-refractivity contribution in [2.45, 2.75) is 6.18 Å². The van der Waals surface area contributed by atoms with Crippen molar-refractivity contribution in [3.05, 3.63) is 53.6 Å². The van der Waals surface area contributed by atoms with Gasteiger partial charge in [-0.15, -0.1) is 0 Å². The van der Waals surface area contributed by atoms with Crippen LogP contribution in [0.1, 0.15) is 5.89 Å². The molecule has 0 atom stereocenters. The second-order valence-electron chi connectivity index (χ2n) is 4.37. The number of halogens is 4. The Hall–Kier alpha value is -2.41. The quantitative estimate of drug-likeness (QED) is 0.652. The number of aromatic nitrogens is 3. The fourth-order valence-electron chi connectivity index (χ4n) is 1.85. The van der Waals surface area contributed by atoms with E-state index >= 15 is 0 Å². The van der Waals surface area contributed by atoms with Crippen molar-refractivity contribution >= 4 is 11.6 Å². The number of benzene rings is 1. The smallest absolute Gasteiger partial charge is 0.329 e. The molecule has 0 saturated carbocycles. The van der Waals surface area contributed by atoms with Crippen LogP contribution in [0.3, 0.4) is 0 Å². The van der Waals surface area contributed by atoms with E-state index in [2.05, 4.69) is 19.6 Å². The van der Waals surface area contributed by atoms with Crippen LogP contribution in [0.2, 0.25) is 5.15 Å². The summed E-state index contributed by atoms with van der Waals surface area (Å²) in [6.45, 7) is 0. The van der Waals surface area contributed by atoms with Gasteiger partial charge < -0.3 is 4.52 Å². The molecule has 112 valence electrons. The van der Waals surface area contributed by atoms with Gasteiger partial charge in [-0.05, 0) is 23.3 Å². The SMILES string of the molecule is FC(F)(F)c1nc(-c2ccc(-c3ccnc(Cl)c3)cc2)no1. The van der Waals surface area contributed by atoms with Gasteiger partial charge in [0.2, 0.25) is 5.82 Å². The first-order valence-electron chi connectivity index (χ1n) is 6.07. The Bertz CT molecular complexity index is 800. The Kier molecular flexibility index (Phi) is 3.58. The Morgan fingerprint density at radius 3 is 2.23 bits per heavy atom. The first-order chi connectivity index (χ1) is 10.4. The molecule has 0 fully saturated rings. The fraction of sp³-hybridized carbons (Fsp3) is 0.0714. The summed E-state index contributed by atoms with van der Waals surface area (Å²) in [6.07, 6.45) is -3.08. The fourth-order valence-corrected chi connectivity index (χ4v) is 2.02. The van der Waals surface area contributed by atoms with E-state index in [1.54, 1.807) is 42.6 Å². The normalized spacial score (nSPS) is 11.6. The molecule has 0 N–H and O–H groups in total. The van der Waals surface area contributed by atoms with Crippen molar-refractivity contribution in [1.82, 2.24) is 15.1 Å². The summed E-state index contributed by atoms with van der Waals surface area (Å²) < 4.78 is 41.5. The maximum absolute atomic E-state index is 12.4. The molecule has 0 saturated heterocycles. The van der Waals surface area contributed by atoms with E-state index in [0.717, 1.165) is 11.1 Å². The van der Waals surface area contributed by atoms with Crippen molar-refractivity contribution in [3.8, 4) is 22.5 Å². The third-order valence-corrected chi connectivity index (χ3v) is 3.08. The Labute approximate surface area is 127 Å². The molecule has 3 rings (SSSR count). The number of nitrogens with zero attached hydrogens (tertiary/aromatic N) is 3. The van der Waals surface area contributed by atoms with Gasteiger partial charge >= 0.3 is 12.1 Å². The van der Waals surface area contributed by atoms with Gasteiger partial charge in [-0.2, -0.15) is 18.2 Å². The van der Waals surface area contributed by atoms with E-state index in [1.807, 2.05) is 0 Å². The molecule has 22 heavy (non-hydrogen) atoms. The molecule has 0 radical (unpaired) electrons. The van der Waals surface area contributed by atoms with Crippen LogP contribution < -0.4 is 0 Å². The van der Waals surface area contributed by atoms with Gasteiger partial charge in [0, 0.05) is 11.8 Å². The summed E-state index contributed by atoms with van der Waals surface area (Å²) in [5.41, 5.74) is 2.10. The molecule has 0 bridgehead atoms. The molecule has 0 aliphatic rings. The summed E-state index contributed by atoms with van der Waals surface area (Å²) in [5.74, 6) is -1.49. The first-order valence-corrected chi connectivity index (χ1v) is 6.44. The number of rotatable bonds is 2. The average Bonchev–Trinajstić information content (AvgIpc) is 2.97. The van der Waals surface area contributed by atoms with Crippen molar-refractivity contribution in [3.63, 3.8) is 0 Å². The predicted molar refractivity (Wildman–Crippen MR) is 73.0 cm³/mol. The molecule has 8 heteroatoms. The van der Waals surface area contributed by atoms with Gasteiger partial charge in [0.25, 0.3) is 0 Å². The molecule has 0 unspecified atom stereocenters. The Morgan fingerprint density at radius 2 is 1.64 bits per heavy atom. The third-order valence-electron chi connectivity index (χ3n) is 2.87. The zero-order chi connectivity index (χ0) is 15.7. The third kappa shape index (κ3) is 2.94. The Morgan fingerprint density at radius 1 is 0.955 bits per heavy atom. The van der Waals surface area contributed by atoms with Crippen LogP contribution >= 0.6 is 11.6 Å². The monoisotopic (exact) mass is 325 g/mol. The highest BCUT2D eigenvalue weighted by Gasteiger charge is 2.38. The van der Waals surface area contributed by atoms with Gasteiger partial charge in [0.15, 0.2) is 0 Å². The van der Waals surface area contributed by atoms with Gasteiger partial charge in [-0.25, -0.2) is 4.98 Å². The number of alkyl halides is 3. The molecule has 2 aromatic heterocycles. The summed E-state index contributed by atoms with van der Waals surface area (Å²) in [5, 5.41) is 3.69. The standard InChI is InChI=1S/C14H7ClF3N3O/c15-11-7-10(5-6-19-11)8-1-3-9(4-2-8)12-20-13(22-21-12)14(16,17)18/h1-7H. The van der Waals surface area contributed by atoms with Crippen LogP contribution in [-0.4, -0.2) is 15.1 Å². The van der Waals surface area contributed by atoms with Gasteiger partial charge in [-0.1, -0.05) is 41.0 Å². The minimum atomic E-state index is -4.65. The van der Waals surface area contributed by atoms with Crippen molar-refractivity contribution in [2.24, 2.45) is 0 Å². The molecule has 0 amide bonds. The van der Waals surface area contributed by atoms with Crippen molar-refractivity contribution in [1.29, 1.82) is 0 Å². The van der Waals surface area contributed by atoms with E-state index in [0.29, 0.717) is 10.7 Å². The van der Waals surface area contributed by atoms with Gasteiger partial charge in [-0.3, -0.25) is 0 Å². The molecular weight excluding hydrogens is 319 g/mol. The molecule has 3 aromatic rings. The average molecular weight is 326 g/mol. The van der Waals surface area contributed by atoms with Crippen LogP contribution in [0.4, 0.5) is 13.2 Å². The molecule has 1 aromatic carbocycles. The zero-order valence-electron chi connectivity index (χ0n) is 10.8. The zero-order valence-corrected chi connectivity index (χ0v) is 11.6. The predicted octanol–water partition coefficient (Wildman–Crippen LogP) is 4.47. The lowest BCUT2D eigenvalue weighted by atomic mass is 10.1. The summed E-state index contributed by atoms with van der Waals surface area (Å²) in [7, 11) is 0. The topological polar surface area (TPSA) is 51.8 Å². The largest absolute Gasteiger partial charge is 0.471 e. The molecule has 0 spiro atoms. The van der Waals surface area contributed by atoms with Crippen LogP contribution in [0, 0.1) is 0 Å². The maximum atomic E-state index is 12.4. The van der Waals surface area contributed by atoms with Gasteiger partial charge in [0.05, 0.1) is 0 Å². The summed E-state index contributed by atoms with van der Waals surface area (Å²) >= 11 is 5.82. The number of hydrogen-bond donors (Lipinski definition) is 0. The molecule has 0 aliphatic heterocycles. The van der Waals surface area contributed by atoms with Crippen LogP contribution in [0.25, 0.3) is 22.5 Å². The minimum absolute atomic E-state index is 0.119. The minimum Gasteiger partial charge on any atom is -0.329 e. The van der Waals surface area contributed by atoms with E-state index in [-0.39, 0.29) is 5.82 Å². The Balaban J connectivity index is 1.90. The number of pyridine rings is 1. The molecule has 4 nitrogen and oxygen atoms in total. The lowest BCUT2D eigenvalue weighted by molar-refractivity contribution is -0.159. The van der Waals surface area contributed by atoms with E-state index in [1.165, 1.54) is 0 Å². The van der Waals surface area contributed by atoms with Crippen LogP contribution in [0.15, 0.2) is 47.1 Å². The first kappa shape index (κ1) is 14.5. The lowest BCUT2D eigenvalue weighted by Gasteiger charge is -2.02. The van der Waals surface area contributed by atoms with E-state index in [4.69, 9.17) is 11.6 Å². The molecule has 2 heterocycles. The maximum Gasteiger partial charge on any atom is 0.471 e.